The zero-order chi connectivity index (χ0) is 13.2. The molecule has 6 heteroatoms. The molecule has 0 amide bonds. The van der Waals surface area contributed by atoms with Crippen LogP contribution in [0.4, 0.5) is 5.69 Å². The lowest BCUT2D eigenvalue weighted by Gasteiger charge is -2.11. The van der Waals surface area contributed by atoms with Gasteiger partial charge in [-0.15, -0.1) is 0 Å². The Labute approximate surface area is 112 Å². The van der Waals surface area contributed by atoms with Gasteiger partial charge in [0.1, 0.15) is 0 Å². The van der Waals surface area contributed by atoms with Crippen LogP contribution in [0.25, 0.3) is 0 Å². The molecule has 1 heterocycles. The van der Waals surface area contributed by atoms with Crippen molar-refractivity contribution in [1.82, 2.24) is 0 Å². The normalized spacial score (nSPS) is 20.2. The first-order chi connectivity index (χ1) is 8.49. The third-order valence-corrected chi connectivity index (χ3v) is 5.08. The highest BCUT2D eigenvalue weighted by Gasteiger charge is 2.22. The third-order valence-electron chi connectivity index (χ3n) is 3.04. The molecule has 0 aliphatic carbocycles. The maximum atomic E-state index is 12.2. The topological polar surface area (TPSA) is 69.4 Å². The fraction of sp³-hybridized carbons (Fsp3) is 0.500. The molecule has 1 unspecified atom stereocenters. The average Bonchev–Trinajstić information content (AvgIpc) is 2.83. The number of hydrogen-bond donors (Lipinski definition) is 1. The highest BCUT2D eigenvalue weighted by molar-refractivity contribution is 7.91. The molecular formula is C12H16ClNO3S. The molecule has 0 aromatic heterocycles. The van der Waals surface area contributed by atoms with Gasteiger partial charge in [-0.3, -0.25) is 0 Å². The molecular weight excluding hydrogens is 274 g/mol. The number of hydrogen-bond acceptors (Lipinski definition) is 4. The van der Waals surface area contributed by atoms with Crippen LogP contribution in [0.3, 0.4) is 0 Å². The molecule has 1 atom stereocenters. The number of sulfone groups is 1. The monoisotopic (exact) mass is 289 g/mol. The van der Waals surface area contributed by atoms with E-state index in [2.05, 4.69) is 0 Å². The van der Waals surface area contributed by atoms with Crippen LogP contribution in [-0.2, 0) is 14.6 Å². The van der Waals surface area contributed by atoms with Gasteiger partial charge in [-0.25, -0.2) is 8.42 Å². The van der Waals surface area contributed by atoms with Crippen molar-refractivity contribution in [2.45, 2.75) is 30.3 Å². The van der Waals surface area contributed by atoms with E-state index in [1.807, 2.05) is 0 Å². The highest BCUT2D eigenvalue weighted by Crippen LogP contribution is 2.25. The first-order valence-corrected chi connectivity index (χ1v) is 7.91. The van der Waals surface area contributed by atoms with E-state index >= 15 is 0 Å². The minimum absolute atomic E-state index is 0.0439. The molecule has 1 aromatic carbocycles. The van der Waals surface area contributed by atoms with E-state index in [1.54, 1.807) is 6.07 Å². The maximum absolute atomic E-state index is 12.2. The molecule has 2 rings (SSSR count). The van der Waals surface area contributed by atoms with Gasteiger partial charge in [0.2, 0.25) is 0 Å². The zero-order valence-corrected chi connectivity index (χ0v) is 11.5. The summed E-state index contributed by atoms with van der Waals surface area (Å²) < 4.78 is 29.8. The van der Waals surface area contributed by atoms with Crippen molar-refractivity contribution in [2.75, 3.05) is 18.1 Å². The van der Waals surface area contributed by atoms with Crippen LogP contribution in [0.15, 0.2) is 23.1 Å². The SMILES string of the molecule is Nc1ccc(Cl)cc1S(=O)(=O)CCC1CCCO1. The largest absolute Gasteiger partial charge is 0.398 e. The van der Waals surface area contributed by atoms with Crippen molar-refractivity contribution >= 4 is 27.1 Å². The smallest absolute Gasteiger partial charge is 0.180 e. The van der Waals surface area contributed by atoms with Crippen molar-refractivity contribution in [1.29, 1.82) is 0 Å². The second kappa shape index (κ2) is 5.47. The van der Waals surface area contributed by atoms with Crippen LogP contribution in [0.1, 0.15) is 19.3 Å². The first kappa shape index (κ1) is 13.6. The number of rotatable bonds is 4. The lowest BCUT2D eigenvalue weighted by atomic mass is 10.2. The third kappa shape index (κ3) is 3.16. The molecule has 1 aromatic rings. The van der Waals surface area contributed by atoms with Crippen LogP contribution in [0.2, 0.25) is 5.02 Å². The number of nitrogen functional groups attached to an aromatic ring is 1. The van der Waals surface area contributed by atoms with Crippen molar-refractivity contribution in [2.24, 2.45) is 0 Å². The summed E-state index contributed by atoms with van der Waals surface area (Å²) in [6, 6.07) is 4.50. The Morgan fingerprint density at radius 2 is 2.22 bits per heavy atom. The second-order valence-corrected chi connectivity index (χ2v) is 6.94. The Balaban J connectivity index is 2.12. The number of anilines is 1. The van der Waals surface area contributed by atoms with Gasteiger partial charge in [0.05, 0.1) is 22.4 Å². The summed E-state index contributed by atoms with van der Waals surface area (Å²) in [7, 11) is -3.39. The molecule has 18 heavy (non-hydrogen) atoms. The Morgan fingerprint density at radius 3 is 2.89 bits per heavy atom. The van der Waals surface area contributed by atoms with Crippen LogP contribution < -0.4 is 5.73 Å². The predicted octanol–water partition coefficient (Wildman–Crippen LogP) is 2.27. The Bertz CT molecular complexity index is 524. The van der Waals surface area contributed by atoms with Crippen LogP contribution >= 0.6 is 11.6 Å². The summed E-state index contributed by atoms with van der Waals surface area (Å²) in [4.78, 5) is 0.119. The van der Waals surface area contributed by atoms with Crippen molar-refractivity contribution in [3.8, 4) is 0 Å². The Hall–Kier alpha value is -0.780. The minimum Gasteiger partial charge on any atom is -0.398 e. The molecule has 4 nitrogen and oxygen atoms in total. The van der Waals surface area contributed by atoms with Gasteiger partial charge < -0.3 is 10.5 Å². The number of ether oxygens (including phenoxy) is 1. The lowest BCUT2D eigenvalue weighted by Crippen LogP contribution is -2.15. The Morgan fingerprint density at radius 1 is 1.44 bits per heavy atom. The molecule has 0 saturated carbocycles. The maximum Gasteiger partial charge on any atom is 0.180 e. The fourth-order valence-electron chi connectivity index (χ4n) is 2.05. The summed E-state index contributed by atoms with van der Waals surface area (Å²) in [5.74, 6) is 0.0439. The lowest BCUT2D eigenvalue weighted by molar-refractivity contribution is 0.109. The number of nitrogens with two attached hydrogens (primary N) is 1. The standard InChI is InChI=1S/C12H16ClNO3S/c13-9-3-4-11(14)12(8-9)18(15,16)7-5-10-2-1-6-17-10/h3-4,8,10H,1-2,5-7,14H2. The summed E-state index contributed by atoms with van der Waals surface area (Å²) in [6.07, 6.45) is 2.50. The van der Waals surface area contributed by atoms with Crippen LogP contribution in [-0.4, -0.2) is 26.9 Å². The molecule has 1 aliphatic rings. The summed E-state index contributed by atoms with van der Waals surface area (Å²) >= 11 is 5.81. The second-order valence-electron chi connectivity index (χ2n) is 4.42. The molecule has 0 spiro atoms. The summed E-state index contributed by atoms with van der Waals surface area (Å²) in [6.45, 7) is 0.726. The fourth-order valence-corrected chi connectivity index (χ4v) is 3.81. The van der Waals surface area contributed by atoms with E-state index in [9.17, 15) is 8.42 Å². The van der Waals surface area contributed by atoms with E-state index in [0.29, 0.717) is 11.4 Å². The average molecular weight is 290 g/mol. The molecule has 1 saturated heterocycles. The summed E-state index contributed by atoms with van der Waals surface area (Å²) in [5, 5.41) is 0.375. The van der Waals surface area contributed by atoms with Crippen molar-refractivity contribution in [3.63, 3.8) is 0 Å². The van der Waals surface area contributed by atoms with Crippen LogP contribution in [0.5, 0.6) is 0 Å². The molecule has 0 bridgehead atoms. The van der Waals surface area contributed by atoms with Gasteiger partial charge in [-0.05, 0) is 37.5 Å². The van der Waals surface area contributed by atoms with E-state index in [1.165, 1.54) is 12.1 Å². The van der Waals surface area contributed by atoms with E-state index in [-0.39, 0.29) is 22.4 Å². The van der Waals surface area contributed by atoms with E-state index in [4.69, 9.17) is 22.1 Å². The molecule has 100 valence electrons. The van der Waals surface area contributed by atoms with Gasteiger partial charge >= 0.3 is 0 Å². The molecule has 1 fully saturated rings. The van der Waals surface area contributed by atoms with Crippen LogP contribution in [0, 0.1) is 0 Å². The van der Waals surface area contributed by atoms with Gasteiger partial charge in [-0.2, -0.15) is 0 Å². The van der Waals surface area contributed by atoms with Gasteiger partial charge in [0, 0.05) is 11.6 Å². The molecule has 2 N–H and O–H groups in total. The van der Waals surface area contributed by atoms with E-state index < -0.39 is 9.84 Å². The minimum atomic E-state index is -3.39. The Kier molecular flexibility index (Phi) is 4.14. The zero-order valence-electron chi connectivity index (χ0n) is 9.93. The van der Waals surface area contributed by atoms with Crippen molar-refractivity contribution in [3.05, 3.63) is 23.2 Å². The highest BCUT2D eigenvalue weighted by atomic mass is 35.5. The number of benzene rings is 1. The number of halogens is 1. The quantitative estimate of drug-likeness (QED) is 0.863. The van der Waals surface area contributed by atoms with Gasteiger partial charge in [-0.1, -0.05) is 11.6 Å². The van der Waals surface area contributed by atoms with E-state index in [0.717, 1.165) is 19.4 Å². The van der Waals surface area contributed by atoms with Gasteiger partial charge in [0.25, 0.3) is 0 Å². The van der Waals surface area contributed by atoms with Gasteiger partial charge in [0.15, 0.2) is 9.84 Å². The predicted molar refractivity (Wildman–Crippen MR) is 71.5 cm³/mol. The molecule has 1 aliphatic heterocycles. The first-order valence-electron chi connectivity index (χ1n) is 5.88. The molecule has 0 radical (unpaired) electrons. The summed E-state index contributed by atoms with van der Waals surface area (Å²) in [5.41, 5.74) is 5.93. The van der Waals surface area contributed by atoms with Crippen molar-refractivity contribution < 1.29 is 13.2 Å².